The highest BCUT2D eigenvalue weighted by Crippen LogP contribution is 2.14. The summed E-state index contributed by atoms with van der Waals surface area (Å²) in [6, 6.07) is 9.27. The van der Waals surface area contributed by atoms with Gasteiger partial charge < -0.3 is 9.15 Å². The van der Waals surface area contributed by atoms with Crippen LogP contribution < -0.4 is 4.74 Å². The highest BCUT2D eigenvalue weighted by molar-refractivity contribution is 8.14. The zero-order chi connectivity index (χ0) is 12.1. The molecule has 1 aromatic heterocycles. The number of hydrogen-bond donors (Lipinski definition) is 0. The molecule has 0 fully saturated rings. The molecule has 2 aromatic rings. The van der Waals surface area contributed by atoms with Crippen molar-refractivity contribution in [3.63, 3.8) is 0 Å². The summed E-state index contributed by atoms with van der Waals surface area (Å²) in [4.78, 5) is 11.5. The van der Waals surface area contributed by atoms with Gasteiger partial charge in [-0.05, 0) is 23.9 Å². The fourth-order valence-corrected chi connectivity index (χ4v) is 1.62. The van der Waals surface area contributed by atoms with Crippen LogP contribution in [0.2, 0.25) is 0 Å². The maximum Gasteiger partial charge on any atom is 0.295 e. The van der Waals surface area contributed by atoms with Gasteiger partial charge in [-0.3, -0.25) is 4.79 Å². The van der Waals surface area contributed by atoms with E-state index < -0.39 is 0 Å². The van der Waals surface area contributed by atoms with Gasteiger partial charge in [0.25, 0.3) is 11.0 Å². The van der Waals surface area contributed by atoms with Crippen molar-refractivity contribution in [2.45, 2.75) is 6.92 Å². The molecule has 0 amide bonds. The molecule has 0 atom stereocenters. The summed E-state index contributed by atoms with van der Waals surface area (Å²) in [5, 5.41) is 6.92. The third-order valence-corrected chi connectivity index (χ3v) is 2.53. The predicted molar refractivity (Wildman–Crippen MR) is 62.9 cm³/mol. The average Bonchev–Trinajstić information content (AvgIpc) is 2.77. The van der Waals surface area contributed by atoms with Gasteiger partial charge in [-0.2, -0.15) is 0 Å². The van der Waals surface area contributed by atoms with E-state index in [4.69, 9.17) is 9.15 Å². The second-order valence-corrected chi connectivity index (χ2v) is 4.03. The fourth-order valence-electron chi connectivity index (χ4n) is 1.11. The normalized spacial score (nSPS) is 10.2. The molecule has 1 heterocycles. The Labute approximate surface area is 102 Å². The van der Waals surface area contributed by atoms with Crippen molar-refractivity contribution < 1.29 is 13.9 Å². The SMILES string of the molecule is Cc1nnc(C(=O)SCOc2ccccc2)o1. The summed E-state index contributed by atoms with van der Waals surface area (Å²) in [6.07, 6.45) is 0. The third-order valence-electron chi connectivity index (χ3n) is 1.86. The maximum atomic E-state index is 11.5. The number of hydrogen-bond acceptors (Lipinski definition) is 6. The Bertz CT molecular complexity index is 498. The highest BCUT2D eigenvalue weighted by atomic mass is 32.2. The number of rotatable bonds is 4. The lowest BCUT2D eigenvalue weighted by Gasteiger charge is -2.02. The van der Waals surface area contributed by atoms with Gasteiger partial charge in [-0.25, -0.2) is 0 Å². The summed E-state index contributed by atoms with van der Waals surface area (Å²) in [6.45, 7) is 1.63. The molecule has 6 heteroatoms. The van der Waals surface area contributed by atoms with Gasteiger partial charge in [-0.15, -0.1) is 10.2 Å². The molecule has 17 heavy (non-hydrogen) atoms. The Hall–Kier alpha value is -1.82. The van der Waals surface area contributed by atoms with Gasteiger partial charge in [0.15, 0.2) is 0 Å². The van der Waals surface area contributed by atoms with Gasteiger partial charge >= 0.3 is 0 Å². The van der Waals surface area contributed by atoms with Crippen LogP contribution in [0.1, 0.15) is 16.6 Å². The predicted octanol–water partition coefficient (Wildman–Crippen LogP) is 2.29. The summed E-state index contributed by atoms with van der Waals surface area (Å²) in [5.41, 5.74) is 0. The van der Waals surface area contributed by atoms with Crippen molar-refractivity contribution in [3.05, 3.63) is 42.1 Å². The lowest BCUT2D eigenvalue weighted by Crippen LogP contribution is -2.00. The van der Waals surface area contributed by atoms with Crippen molar-refractivity contribution in [3.8, 4) is 5.75 Å². The lowest BCUT2D eigenvalue weighted by atomic mass is 10.3. The Morgan fingerprint density at radius 3 is 2.76 bits per heavy atom. The molecule has 1 aromatic carbocycles. The van der Waals surface area contributed by atoms with E-state index in [1.807, 2.05) is 30.3 Å². The number of para-hydroxylation sites is 1. The van der Waals surface area contributed by atoms with Crippen LogP contribution in [0.3, 0.4) is 0 Å². The van der Waals surface area contributed by atoms with Crippen LogP contribution in [0.25, 0.3) is 0 Å². The number of carbonyl (C=O) groups excluding carboxylic acids is 1. The number of aromatic nitrogens is 2. The second-order valence-electron chi connectivity index (χ2n) is 3.13. The van der Waals surface area contributed by atoms with Gasteiger partial charge in [0.2, 0.25) is 5.89 Å². The number of thioether (sulfide) groups is 1. The second kappa shape index (κ2) is 5.49. The minimum Gasteiger partial charge on any atom is -0.483 e. The minimum atomic E-state index is -0.290. The van der Waals surface area contributed by atoms with Crippen LogP contribution in [-0.2, 0) is 0 Å². The van der Waals surface area contributed by atoms with E-state index in [0.717, 1.165) is 17.5 Å². The smallest absolute Gasteiger partial charge is 0.295 e. The number of aryl methyl sites for hydroxylation is 1. The average molecular weight is 250 g/mol. The molecular formula is C11H10N2O3S. The third kappa shape index (κ3) is 3.32. The molecule has 0 saturated carbocycles. The molecule has 0 aliphatic rings. The first-order valence-corrected chi connectivity index (χ1v) is 5.89. The topological polar surface area (TPSA) is 65.2 Å². The van der Waals surface area contributed by atoms with E-state index in [1.54, 1.807) is 6.92 Å². The molecule has 0 saturated heterocycles. The molecule has 2 rings (SSSR count). The molecule has 0 aliphatic heterocycles. The van der Waals surface area contributed by atoms with E-state index in [2.05, 4.69) is 10.2 Å². The molecule has 5 nitrogen and oxygen atoms in total. The van der Waals surface area contributed by atoms with Crippen molar-refractivity contribution in [2.24, 2.45) is 0 Å². The Balaban J connectivity index is 1.81. The summed E-state index contributed by atoms with van der Waals surface area (Å²) >= 11 is 0.980. The van der Waals surface area contributed by atoms with Crippen molar-refractivity contribution in [1.82, 2.24) is 10.2 Å². The molecule has 0 unspecified atom stereocenters. The van der Waals surface area contributed by atoms with Crippen molar-refractivity contribution in [2.75, 3.05) is 5.94 Å². The van der Waals surface area contributed by atoms with Crippen molar-refractivity contribution in [1.29, 1.82) is 0 Å². The lowest BCUT2D eigenvalue weighted by molar-refractivity contribution is 0.105. The minimum absolute atomic E-state index is 0.00385. The van der Waals surface area contributed by atoms with E-state index >= 15 is 0 Å². The first kappa shape index (κ1) is 11.7. The molecule has 88 valence electrons. The van der Waals surface area contributed by atoms with E-state index in [1.165, 1.54) is 0 Å². The van der Waals surface area contributed by atoms with E-state index in [0.29, 0.717) is 5.89 Å². The van der Waals surface area contributed by atoms with Crippen LogP contribution in [0.15, 0.2) is 34.7 Å². The van der Waals surface area contributed by atoms with Crippen LogP contribution >= 0.6 is 11.8 Å². The number of nitrogens with zero attached hydrogens (tertiary/aromatic N) is 2. The first-order chi connectivity index (χ1) is 8.25. The van der Waals surface area contributed by atoms with Crippen LogP contribution in [0.5, 0.6) is 5.75 Å². The summed E-state index contributed by atoms with van der Waals surface area (Å²) in [5.74, 6) is 1.31. The largest absolute Gasteiger partial charge is 0.483 e. The molecule has 0 bridgehead atoms. The molecule has 0 spiro atoms. The molecular weight excluding hydrogens is 240 g/mol. The Kier molecular flexibility index (Phi) is 3.77. The number of carbonyl (C=O) groups is 1. The Morgan fingerprint density at radius 2 is 2.12 bits per heavy atom. The first-order valence-electron chi connectivity index (χ1n) is 4.91. The standard InChI is InChI=1S/C11H10N2O3S/c1-8-12-13-10(16-8)11(14)17-7-15-9-5-3-2-4-6-9/h2-6H,7H2,1H3. The number of benzene rings is 1. The quantitative estimate of drug-likeness (QED) is 0.776. The zero-order valence-corrected chi connectivity index (χ0v) is 9.94. The van der Waals surface area contributed by atoms with Gasteiger partial charge in [0.05, 0.1) is 0 Å². The van der Waals surface area contributed by atoms with E-state index in [9.17, 15) is 4.79 Å². The summed E-state index contributed by atoms with van der Waals surface area (Å²) < 4.78 is 10.4. The fraction of sp³-hybridized carbons (Fsp3) is 0.182. The molecule has 0 N–H and O–H groups in total. The molecule has 0 aliphatic carbocycles. The monoisotopic (exact) mass is 250 g/mol. The van der Waals surface area contributed by atoms with Crippen LogP contribution in [-0.4, -0.2) is 21.3 Å². The van der Waals surface area contributed by atoms with Gasteiger partial charge in [-0.1, -0.05) is 18.2 Å². The van der Waals surface area contributed by atoms with Crippen LogP contribution in [0.4, 0.5) is 0 Å². The van der Waals surface area contributed by atoms with Gasteiger partial charge in [0.1, 0.15) is 11.7 Å². The van der Waals surface area contributed by atoms with Crippen molar-refractivity contribution >= 4 is 16.9 Å². The summed E-state index contributed by atoms with van der Waals surface area (Å²) in [7, 11) is 0. The highest BCUT2D eigenvalue weighted by Gasteiger charge is 2.13. The van der Waals surface area contributed by atoms with Gasteiger partial charge in [0, 0.05) is 6.92 Å². The molecule has 0 radical (unpaired) electrons. The number of ether oxygens (including phenoxy) is 1. The van der Waals surface area contributed by atoms with Crippen LogP contribution in [0, 0.1) is 6.92 Å². The maximum absolute atomic E-state index is 11.5. The zero-order valence-electron chi connectivity index (χ0n) is 9.12. The van der Waals surface area contributed by atoms with E-state index in [-0.39, 0.29) is 16.9 Å². The Morgan fingerprint density at radius 1 is 1.35 bits per heavy atom.